The van der Waals surface area contributed by atoms with Gasteiger partial charge in [-0.1, -0.05) is 12.2 Å². The number of hydrogen-bond acceptors (Lipinski definition) is 4. The van der Waals surface area contributed by atoms with E-state index in [0.29, 0.717) is 18.1 Å². The number of thiocarbonyl (C=S) groups is 2. The second-order valence-corrected chi connectivity index (χ2v) is 5.69. The molecular formula is C13H15N3O2S2. The number of fused-ring (bicyclic) bond motifs is 3. The largest absolute Gasteiger partial charge is 0.497 e. The zero-order valence-electron chi connectivity index (χ0n) is 11.0. The van der Waals surface area contributed by atoms with Crippen LogP contribution in [0.2, 0.25) is 0 Å². The fraction of sp³-hybridized carbons (Fsp3) is 0.385. The van der Waals surface area contributed by atoms with E-state index in [1.165, 1.54) is 0 Å². The number of benzene rings is 1. The number of ether oxygens (including phenoxy) is 2. The molecule has 2 aliphatic heterocycles. The monoisotopic (exact) mass is 309 g/mol. The van der Waals surface area contributed by atoms with Crippen molar-refractivity contribution in [2.24, 2.45) is 5.73 Å². The van der Waals surface area contributed by atoms with E-state index in [1.54, 1.807) is 7.11 Å². The van der Waals surface area contributed by atoms with E-state index in [1.807, 2.05) is 23.1 Å². The quantitative estimate of drug-likeness (QED) is 0.841. The van der Waals surface area contributed by atoms with Crippen molar-refractivity contribution in [2.45, 2.75) is 6.04 Å². The lowest BCUT2D eigenvalue weighted by molar-refractivity contribution is 0.269. The van der Waals surface area contributed by atoms with Crippen molar-refractivity contribution in [1.29, 1.82) is 0 Å². The SMILES string of the molecule is COc1ccc2c(c1)N1C(=S)N(CC(N)=S)CC1CO2. The van der Waals surface area contributed by atoms with Gasteiger partial charge in [-0.25, -0.2) is 0 Å². The molecule has 1 fully saturated rings. The summed E-state index contributed by atoms with van der Waals surface area (Å²) < 4.78 is 11.1. The van der Waals surface area contributed by atoms with Gasteiger partial charge in [0.2, 0.25) is 0 Å². The topological polar surface area (TPSA) is 51.0 Å². The summed E-state index contributed by atoms with van der Waals surface area (Å²) in [7, 11) is 1.64. The number of nitrogens with zero attached hydrogens (tertiary/aromatic N) is 2. The molecule has 20 heavy (non-hydrogen) atoms. The summed E-state index contributed by atoms with van der Waals surface area (Å²) in [6.45, 7) is 1.88. The second kappa shape index (κ2) is 5.06. The summed E-state index contributed by atoms with van der Waals surface area (Å²) in [5, 5.41) is 0.737. The van der Waals surface area contributed by atoms with Gasteiger partial charge in [0.25, 0.3) is 0 Å². The third-order valence-corrected chi connectivity index (χ3v) is 4.06. The highest BCUT2D eigenvalue weighted by atomic mass is 32.1. The van der Waals surface area contributed by atoms with Crippen molar-refractivity contribution in [2.75, 3.05) is 31.7 Å². The molecule has 0 aromatic heterocycles. The number of rotatable bonds is 3. The normalized spacial score (nSPS) is 20.2. The van der Waals surface area contributed by atoms with Gasteiger partial charge >= 0.3 is 0 Å². The lowest BCUT2D eigenvalue weighted by atomic mass is 10.2. The van der Waals surface area contributed by atoms with Crippen LogP contribution >= 0.6 is 24.4 Å². The first kappa shape index (κ1) is 13.4. The summed E-state index contributed by atoms with van der Waals surface area (Å²) in [6.07, 6.45) is 0. The molecule has 2 heterocycles. The molecule has 0 radical (unpaired) electrons. The van der Waals surface area contributed by atoms with Gasteiger partial charge in [-0.15, -0.1) is 0 Å². The minimum Gasteiger partial charge on any atom is -0.497 e. The van der Waals surface area contributed by atoms with Gasteiger partial charge in [0.15, 0.2) is 5.11 Å². The summed E-state index contributed by atoms with van der Waals surface area (Å²) >= 11 is 10.5. The highest BCUT2D eigenvalue weighted by Crippen LogP contribution is 2.39. The van der Waals surface area contributed by atoms with Crippen molar-refractivity contribution in [3.8, 4) is 11.5 Å². The second-order valence-electron chi connectivity index (χ2n) is 4.80. The minimum atomic E-state index is 0.191. The maximum atomic E-state index is 5.79. The predicted molar refractivity (Wildman–Crippen MR) is 85.7 cm³/mol. The Kier molecular flexibility index (Phi) is 3.39. The molecule has 1 atom stereocenters. The average Bonchev–Trinajstić information content (AvgIpc) is 2.74. The van der Waals surface area contributed by atoms with Crippen molar-refractivity contribution in [3.63, 3.8) is 0 Å². The fourth-order valence-corrected chi connectivity index (χ4v) is 3.13. The summed E-state index contributed by atoms with van der Waals surface area (Å²) in [4.78, 5) is 4.56. The molecular weight excluding hydrogens is 294 g/mol. The Balaban J connectivity index is 1.94. The fourth-order valence-electron chi connectivity index (χ4n) is 2.59. The molecule has 0 saturated carbocycles. The first-order valence-corrected chi connectivity index (χ1v) is 7.09. The Bertz CT molecular complexity index is 579. The molecule has 0 bridgehead atoms. The minimum absolute atomic E-state index is 0.191. The molecule has 2 N–H and O–H groups in total. The molecule has 1 aromatic rings. The van der Waals surface area contributed by atoms with Gasteiger partial charge in [0.1, 0.15) is 18.1 Å². The van der Waals surface area contributed by atoms with Crippen LogP contribution in [0.1, 0.15) is 0 Å². The highest BCUT2D eigenvalue weighted by Gasteiger charge is 2.40. The van der Waals surface area contributed by atoms with Crippen molar-refractivity contribution in [3.05, 3.63) is 18.2 Å². The van der Waals surface area contributed by atoms with Crippen molar-refractivity contribution < 1.29 is 9.47 Å². The Labute approximate surface area is 128 Å². The van der Waals surface area contributed by atoms with Gasteiger partial charge in [-0.2, -0.15) is 0 Å². The molecule has 0 aliphatic carbocycles. The molecule has 5 nitrogen and oxygen atoms in total. The summed E-state index contributed by atoms with van der Waals surface area (Å²) in [6, 6.07) is 5.92. The van der Waals surface area contributed by atoms with Crippen molar-refractivity contribution >= 4 is 40.2 Å². The van der Waals surface area contributed by atoms with Gasteiger partial charge < -0.3 is 25.0 Å². The maximum absolute atomic E-state index is 5.79. The summed E-state index contributed by atoms with van der Waals surface area (Å²) in [5.74, 6) is 1.60. The van der Waals surface area contributed by atoms with E-state index in [0.717, 1.165) is 28.8 Å². The highest BCUT2D eigenvalue weighted by molar-refractivity contribution is 7.80. The van der Waals surface area contributed by atoms with Crippen LogP contribution in [0.5, 0.6) is 11.5 Å². The molecule has 106 valence electrons. The number of anilines is 1. The summed E-state index contributed by atoms with van der Waals surface area (Å²) in [5.41, 5.74) is 6.57. The van der Waals surface area contributed by atoms with Gasteiger partial charge in [0, 0.05) is 12.6 Å². The zero-order chi connectivity index (χ0) is 14.3. The molecule has 0 spiro atoms. The van der Waals surface area contributed by atoms with Crippen LogP contribution in [0.15, 0.2) is 18.2 Å². The number of methoxy groups -OCH3 is 1. The van der Waals surface area contributed by atoms with E-state index in [4.69, 9.17) is 39.6 Å². The predicted octanol–water partition coefficient (Wildman–Crippen LogP) is 1.15. The molecule has 3 rings (SSSR count). The van der Waals surface area contributed by atoms with Crippen LogP contribution in [-0.2, 0) is 0 Å². The molecule has 0 amide bonds. The smallest absolute Gasteiger partial charge is 0.177 e. The number of hydrogen-bond donors (Lipinski definition) is 1. The number of nitrogens with two attached hydrogens (primary N) is 1. The van der Waals surface area contributed by atoms with Crippen LogP contribution in [0, 0.1) is 0 Å². The van der Waals surface area contributed by atoms with Crippen LogP contribution < -0.4 is 20.1 Å². The van der Waals surface area contributed by atoms with Crippen LogP contribution in [0.25, 0.3) is 0 Å². The third kappa shape index (κ3) is 2.16. The van der Waals surface area contributed by atoms with Gasteiger partial charge in [-0.05, 0) is 24.4 Å². The third-order valence-electron chi connectivity index (χ3n) is 3.48. The van der Waals surface area contributed by atoms with Crippen LogP contribution in [0.3, 0.4) is 0 Å². The maximum Gasteiger partial charge on any atom is 0.177 e. The van der Waals surface area contributed by atoms with E-state index in [-0.39, 0.29) is 6.04 Å². The zero-order valence-corrected chi connectivity index (χ0v) is 12.7. The lowest BCUT2D eigenvalue weighted by Crippen LogP contribution is -2.41. The average molecular weight is 309 g/mol. The van der Waals surface area contributed by atoms with E-state index in [9.17, 15) is 0 Å². The Morgan fingerprint density at radius 3 is 3.05 bits per heavy atom. The van der Waals surface area contributed by atoms with E-state index >= 15 is 0 Å². The molecule has 1 saturated heterocycles. The van der Waals surface area contributed by atoms with Crippen molar-refractivity contribution in [1.82, 2.24) is 4.90 Å². The molecule has 2 aliphatic rings. The standard InChI is InChI=1S/C13H15N3O2S2/c1-17-9-2-3-11-10(4-9)16-8(7-18-11)5-15(13(16)20)6-12(14)19/h2-4,8H,5-7H2,1H3,(H2,14,19). The van der Waals surface area contributed by atoms with Crippen LogP contribution in [0.4, 0.5) is 5.69 Å². The Morgan fingerprint density at radius 1 is 1.55 bits per heavy atom. The van der Waals surface area contributed by atoms with Crippen LogP contribution in [-0.4, -0.2) is 47.8 Å². The first-order chi connectivity index (χ1) is 9.60. The Hall–Kier alpha value is -1.60. The van der Waals surface area contributed by atoms with E-state index in [2.05, 4.69) is 4.90 Å². The Morgan fingerprint density at radius 2 is 2.35 bits per heavy atom. The molecule has 1 unspecified atom stereocenters. The first-order valence-electron chi connectivity index (χ1n) is 6.27. The van der Waals surface area contributed by atoms with Gasteiger partial charge in [-0.3, -0.25) is 0 Å². The molecule has 7 heteroatoms. The lowest BCUT2D eigenvalue weighted by Gasteiger charge is -2.32. The van der Waals surface area contributed by atoms with Gasteiger partial charge in [0.05, 0.1) is 30.4 Å². The molecule has 1 aromatic carbocycles. The van der Waals surface area contributed by atoms with E-state index < -0.39 is 0 Å².